The Kier molecular flexibility index (Phi) is 6.99. The fourth-order valence-corrected chi connectivity index (χ4v) is 19.7. The molecule has 2 nitrogen and oxygen atoms in total. The normalized spacial score (nSPS) is 16.4. The Morgan fingerprint density at radius 1 is 0.800 bits per heavy atom. The maximum Gasteiger partial charge on any atom is 0.204 e. The summed E-state index contributed by atoms with van der Waals surface area (Å²) in [6, 6.07) is 5.24. The Hall–Kier alpha value is 0.354. The minimum Gasteiger partial charge on any atom is -0.420 e. The smallest absolute Gasteiger partial charge is 0.204 e. The molecule has 0 aliphatic heterocycles. The molecule has 0 radical (unpaired) electrons. The molecule has 0 N–H and O–H groups in total. The summed E-state index contributed by atoms with van der Waals surface area (Å²) in [4.78, 5) is 0. The molecule has 1 atom stereocenters. The lowest BCUT2D eigenvalue weighted by Crippen LogP contribution is -2.66. The fraction of sp³-hybridized carbons (Fsp3) is 1.00. The minimum absolute atomic E-state index is 0.891. The molecule has 15 heavy (non-hydrogen) atoms. The Balaban J connectivity index is 5.13. The van der Waals surface area contributed by atoms with Gasteiger partial charge in [0.05, 0.1) is 13.8 Å². The molecular formula is C11H28O2Si2. The molecule has 0 saturated carbocycles. The van der Waals surface area contributed by atoms with E-state index in [9.17, 15) is 0 Å². The maximum absolute atomic E-state index is 6.04. The van der Waals surface area contributed by atoms with E-state index in [1.54, 1.807) is 0 Å². The Morgan fingerprint density at radius 2 is 1.27 bits per heavy atom. The van der Waals surface area contributed by atoms with Crippen LogP contribution in [-0.2, 0) is 9.16 Å². The van der Waals surface area contributed by atoms with E-state index in [0.29, 0.717) is 0 Å². The summed E-state index contributed by atoms with van der Waals surface area (Å²) in [6.07, 6.45) is 0.891. The van der Waals surface area contributed by atoms with Gasteiger partial charge in [-0.25, -0.2) is 0 Å². The average molecular weight is 249 g/mol. The van der Waals surface area contributed by atoms with Crippen molar-refractivity contribution in [3.05, 3.63) is 0 Å². The van der Waals surface area contributed by atoms with Crippen LogP contribution in [0.1, 0.15) is 27.7 Å². The van der Waals surface area contributed by atoms with Gasteiger partial charge in [-0.15, -0.1) is 0 Å². The van der Waals surface area contributed by atoms with E-state index in [1.807, 2.05) is 14.2 Å². The van der Waals surface area contributed by atoms with Gasteiger partial charge in [0.2, 0.25) is 7.83 Å². The molecule has 0 aromatic carbocycles. The zero-order valence-electron chi connectivity index (χ0n) is 11.4. The molecule has 92 valence electrons. The van der Waals surface area contributed by atoms with Crippen LogP contribution in [-0.4, -0.2) is 35.9 Å². The van der Waals surface area contributed by atoms with Gasteiger partial charge in [0.25, 0.3) is 0 Å². The molecule has 0 aromatic rings. The van der Waals surface area contributed by atoms with E-state index in [1.165, 1.54) is 24.2 Å². The summed E-state index contributed by atoms with van der Waals surface area (Å²) in [5, 5.41) is 0. The summed E-state index contributed by atoms with van der Waals surface area (Å²) >= 11 is 0. The lowest BCUT2D eigenvalue weighted by Gasteiger charge is -2.44. The highest BCUT2D eigenvalue weighted by Gasteiger charge is 2.51. The van der Waals surface area contributed by atoms with E-state index in [-0.39, 0.29) is 0 Å². The topological polar surface area (TPSA) is 18.5 Å². The number of ether oxygens (including phenoxy) is 1. The first-order chi connectivity index (χ1) is 7.11. The Morgan fingerprint density at radius 3 is 1.47 bits per heavy atom. The molecule has 0 saturated heterocycles. The molecule has 0 aliphatic carbocycles. The van der Waals surface area contributed by atoms with Crippen molar-refractivity contribution in [2.24, 2.45) is 0 Å². The van der Waals surface area contributed by atoms with Gasteiger partial charge in [-0.3, -0.25) is 0 Å². The lowest BCUT2D eigenvalue weighted by molar-refractivity contribution is 0.225. The molecule has 0 bridgehead atoms. The first-order valence-corrected chi connectivity index (χ1v) is 12.1. The van der Waals surface area contributed by atoms with Gasteiger partial charge in [0, 0.05) is 14.2 Å². The second-order valence-electron chi connectivity index (χ2n) is 4.33. The monoisotopic (exact) mass is 248 g/mol. The molecule has 0 aliphatic rings. The molecule has 0 aromatic heterocycles. The van der Waals surface area contributed by atoms with Gasteiger partial charge in [-0.05, 0) is 6.04 Å². The van der Waals surface area contributed by atoms with Gasteiger partial charge in [-0.1, -0.05) is 45.8 Å². The summed E-state index contributed by atoms with van der Waals surface area (Å²) in [7, 11) is 0.897. The second kappa shape index (κ2) is 6.83. The molecular weight excluding hydrogens is 220 g/mol. The third-order valence-corrected chi connectivity index (χ3v) is 24.1. The van der Waals surface area contributed by atoms with Crippen LogP contribution >= 0.6 is 0 Å². The van der Waals surface area contributed by atoms with Gasteiger partial charge in [0.15, 0.2) is 0 Å². The largest absolute Gasteiger partial charge is 0.420 e. The van der Waals surface area contributed by atoms with E-state index >= 15 is 0 Å². The fourth-order valence-electron chi connectivity index (χ4n) is 3.00. The first-order valence-electron chi connectivity index (χ1n) is 6.16. The third-order valence-electron chi connectivity index (χ3n) is 4.34. The second-order valence-corrected chi connectivity index (χ2v) is 18.3. The highest BCUT2D eigenvalue weighted by Crippen LogP contribution is 2.34. The van der Waals surface area contributed by atoms with Crippen LogP contribution < -0.4 is 0 Å². The van der Waals surface area contributed by atoms with Crippen LogP contribution in [0.25, 0.3) is 0 Å². The average Bonchev–Trinajstić information content (AvgIpc) is 2.30. The van der Waals surface area contributed by atoms with Crippen molar-refractivity contribution in [2.45, 2.75) is 51.9 Å². The van der Waals surface area contributed by atoms with Gasteiger partial charge < -0.3 is 9.16 Å². The maximum atomic E-state index is 6.04. The van der Waals surface area contributed by atoms with Crippen LogP contribution in [0.15, 0.2) is 0 Å². The van der Waals surface area contributed by atoms with E-state index in [4.69, 9.17) is 9.16 Å². The van der Waals surface area contributed by atoms with Crippen LogP contribution in [0.4, 0.5) is 0 Å². The van der Waals surface area contributed by atoms with E-state index < -0.39 is 15.4 Å². The summed E-state index contributed by atoms with van der Waals surface area (Å²) in [5.41, 5.74) is 0. The van der Waals surface area contributed by atoms with E-state index in [0.717, 1.165) is 6.23 Å². The predicted octanol–water partition coefficient (Wildman–Crippen LogP) is 3.37. The van der Waals surface area contributed by atoms with Crippen molar-refractivity contribution >= 4 is 15.4 Å². The number of rotatable bonds is 8. The molecule has 0 heterocycles. The van der Waals surface area contributed by atoms with Crippen molar-refractivity contribution in [3.63, 3.8) is 0 Å². The van der Waals surface area contributed by atoms with Gasteiger partial charge >= 0.3 is 0 Å². The molecule has 4 heteroatoms. The van der Waals surface area contributed by atoms with Crippen molar-refractivity contribution in [3.8, 4) is 0 Å². The Labute approximate surface area is 97.3 Å². The molecule has 1 unspecified atom stereocenters. The van der Waals surface area contributed by atoms with Crippen molar-refractivity contribution in [1.29, 1.82) is 0 Å². The summed E-state index contributed by atoms with van der Waals surface area (Å²) in [6.45, 7) is 9.35. The first kappa shape index (κ1) is 15.4. The standard InChI is InChI=1S/C11H28O2Si2/c1-7-14(8-2,9-3)15(10-4,13-6)11-12-5/h7-11H2,1-6H3. The lowest BCUT2D eigenvalue weighted by atomic mass is 10.9. The minimum atomic E-state index is -1.61. The SMILES string of the molecule is CC[Si](CC)(CC)[Si](CC)(COC)OC. The third kappa shape index (κ3) is 2.72. The van der Waals surface area contributed by atoms with Crippen LogP contribution in [0.5, 0.6) is 0 Å². The summed E-state index contributed by atoms with van der Waals surface area (Å²) < 4.78 is 11.5. The van der Waals surface area contributed by atoms with E-state index in [2.05, 4.69) is 27.7 Å². The van der Waals surface area contributed by atoms with Crippen LogP contribution in [0.3, 0.4) is 0 Å². The quantitative estimate of drug-likeness (QED) is 0.613. The van der Waals surface area contributed by atoms with Gasteiger partial charge in [-0.2, -0.15) is 0 Å². The number of methoxy groups -OCH3 is 1. The van der Waals surface area contributed by atoms with Crippen molar-refractivity contribution < 1.29 is 9.16 Å². The van der Waals surface area contributed by atoms with Crippen molar-refractivity contribution in [2.75, 3.05) is 20.4 Å². The number of hydrogen-bond donors (Lipinski definition) is 0. The molecule has 0 amide bonds. The predicted molar refractivity (Wildman–Crippen MR) is 72.3 cm³/mol. The molecule has 0 spiro atoms. The zero-order valence-corrected chi connectivity index (χ0v) is 13.4. The number of hydrogen-bond acceptors (Lipinski definition) is 2. The van der Waals surface area contributed by atoms with Crippen LogP contribution in [0.2, 0.25) is 24.2 Å². The highest BCUT2D eigenvalue weighted by molar-refractivity contribution is 7.40. The van der Waals surface area contributed by atoms with Gasteiger partial charge in [0.1, 0.15) is 0 Å². The summed E-state index contributed by atoms with van der Waals surface area (Å²) in [5.74, 6) is 0. The molecule has 0 fully saturated rings. The highest BCUT2D eigenvalue weighted by atomic mass is 29.3. The Bertz CT molecular complexity index is 158. The van der Waals surface area contributed by atoms with Crippen LogP contribution in [0, 0.1) is 0 Å². The zero-order chi connectivity index (χ0) is 11.9. The molecule has 0 rings (SSSR count). The van der Waals surface area contributed by atoms with Crippen molar-refractivity contribution in [1.82, 2.24) is 0 Å².